The van der Waals surface area contributed by atoms with E-state index in [1.807, 2.05) is 0 Å². The molecule has 0 spiro atoms. The van der Waals surface area contributed by atoms with E-state index in [4.69, 9.17) is 11.6 Å². The Kier molecular flexibility index (Phi) is 5.64. The molecule has 0 radical (unpaired) electrons. The van der Waals surface area contributed by atoms with Crippen LogP contribution in [-0.2, 0) is 16.6 Å². The smallest absolute Gasteiger partial charge is 0.263 e. The maximum atomic E-state index is 12.4. The zero-order chi connectivity index (χ0) is 15.3. The third kappa shape index (κ3) is 4.44. The molecule has 7 heteroatoms. The van der Waals surface area contributed by atoms with Gasteiger partial charge in [-0.25, -0.2) is 8.42 Å². The summed E-state index contributed by atoms with van der Waals surface area (Å²) >= 11 is 7.23. The lowest BCUT2D eigenvalue weighted by Crippen LogP contribution is -2.18. The molecule has 114 valence electrons. The van der Waals surface area contributed by atoms with Crippen LogP contribution in [-0.4, -0.2) is 15.0 Å². The Labute approximate surface area is 134 Å². The average molecular weight is 345 g/mol. The molecule has 0 aliphatic heterocycles. The van der Waals surface area contributed by atoms with Crippen LogP contribution in [0.5, 0.6) is 0 Å². The summed E-state index contributed by atoms with van der Waals surface area (Å²) in [5.74, 6) is 0. The molecule has 0 saturated carbocycles. The minimum atomic E-state index is -3.57. The zero-order valence-corrected chi connectivity index (χ0v) is 14.0. The highest BCUT2D eigenvalue weighted by molar-refractivity contribution is 7.93. The van der Waals surface area contributed by atoms with Gasteiger partial charge < -0.3 is 5.32 Å². The Morgan fingerprint density at radius 3 is 2.57 bits per heavy atom. The fraction of sp³-hybridized carbons (Fsp3) is 0.286. The molecular formula is C14H17ClN2O2S2. The van der Waals surface area contributed by atoms with Crippen LogP contribution in [0.3, 0.4) is 0 Å². The van der Waals surface area contributed by atoms with Gasteiger partial charge in [-0.2, -0.15) is 0 Å². The van der Waals surface area contributed by atoms with Gasteiger partial charge >= 0.3 is 0 Å². The number of nitrogens with one attached hydrogen (secondary N) is 2. The van der Waals surface area contributed by atoms with Crippen LogP contribution in [0.2, 0.25) is 5.02 Å². The monoisotopic (exact) mass is 344 g/mol. The Morgan fingerprint density at radius 2 is 1.90 bits per heavy atom. The molecule has 0 aliphatic carbocycles. The van der Waals surface area contributed by atoms with Crippen LogP contribution >= 0.6 is 22.9 Å². The molecule has 2 aromatic rings. The largest absolute Gasteiger partial charge is 0.312 e. The van der Waals surface area contributed by atoms with Crippen molar-refractivity contribution >= 4 is 38.6 Å². The quantitative estimate of drug-likeness (QED) is 0.753. The second kappa shape index (κ2) is 7.26. The molecule has 0 atom stereocenters. The van der Waals surface area contributed by atoms with Crippen LogP contribution in [0.15, 0.2) is 40.6 Å². The molecule has 0 saturated heterocycles. The summed E-state index contributed by atoms with van der Waals surface area (Å²) in [6.45, 7) is 3.49. The van der Waals surface area contributed by atoms with E-state index in [0.29, 0.717) is 22.2 Å². The summed E-state index contributed by atoms with van der Waals surface area (Å²) in [5, 5.41) is 5.58. The van der Waals surface area contributed by atoms with Crippen molar-refractivity contribution in [3.63, 3.8) is 0 Å². The van der Waals surface area contributed by atoms with Gasteiger partial charge in [0.2, 0.25) is 0 Å². The third-order valence-electron chi connectivity index (χ3n) is 2.80. The van der Waals surface area contributed by atoms with E-state index in [2.05, 4.69) is 17.0 Å². The molecule has 4 nitrogen and oxygen atoms in total. The van der Waals surface area contributed by atoms with E-state index in [0.717, 1.165) is 17.8 Å². The lowest BCUT2D eigenvalue weighted by molar-refractivity contribution is 0.599. The number of sulfonamides is 1. The van der Waals surface area contributed by atoms with Crippen molar-refractivity contribution in [1.82, 2.24) is 5.32 Å². The normalized spacial score (nSPS) is 11.5. The van der Waals surface area contributed by atoms with Gasteiger partial charge in [-0.15, -0.1) is 11.3 Å². The van der Waals surface area contributed by atoms with E-state index in [1.54, 1.807) is 35.7 Å². The topological polar surface area (TPSA) is 58.2 Å². The standard InChI is InChI=1S/C14H17ClN2O2S2/c1-2-8-16-10-13-14(7-9-20-13)21(18,19)17-12-5-3-11(15)4-6-12/h3-7,9,16-17H,2,8,10H2,1H3. The predicted octanol–water partition coefficient (Wildman–Crippen LogP) is 3.70. The van der Waals surface area contributed by atoms with Crippen molar-refractivity contribution in [1.29, 1.82) is 0 Å². The number of hydrogen-bond acceptors (Lipinski definition) is 4. The summed E-state index contributed by atoms with van der Waals surface area (Å²) in [6.07, 6.45) is 1.01. The average Bonchev–Trinajstić information content (AvgIpc) is 2.91. The van der Waals surface area contributed by atoms with Crippen LogP contribution in [0.4, 0.5) is 5.69 Å². The van der Waals surface area contributed by atoms with Gasteiger partial charge in [0.25, 0.3) is 10.0 Å². The van der Waals surface area contributed by atoms with Crippen LogP contribution < -0.4 is 10.0 Å². The van der Waals surface area contributed by atoms with Crippen molar-refractivity contribution in [2.75, 3.05) is 11.3 Å². The Balaban J connectivity index is 2.16. The molecule has 1 heterocycles. The second-order valence-corrected chi connectivity index (χ2v) is 7.59. The zero-order valence-electron chi connectivity index (χ0n) is 11.6. The SMILES string of the molecule is CCCNCc1sccc1S(=O)(=O)Nc1ccc(Cl)cc1. The summed E-state index contributed by atoms with van der Waals surface area (Å²) in [5.41, 5.74) is 0.498. The van der Waals surface area contributed by atoms with Crippen molar-refractivity contribution in [3.05, 3.63) is 45.6 Å². The summed E-state index contributed by atoms with van der Waals surface area (Å²) < 4.78 is 27.4. The molecule has 0 fully saturated rings. The first-order chi connectivity index (χ1) is 10.0. The maximum Gasteiger partial charge on any atom is 0.263 e. The van der Waals surface area contributed by atoms with Gasteiger partial charge in [0.05, 0.1) is 0 Å². The Morgan fingerprint density at radius 1 is 1.19 bits per heavy atom. The first kappa shape index (κ1) is 16.3. The van der Waals surface area contributed by atoms with E-state index >= 15 is 0 Å². The van der Waals surface area contributed by atoms with Gasteiger partial charge in [-0.3, -0.25) is 4.72 Å². The Bertz CT molecular complexity index is 681. The van der Waals surface area contributed by atoms with Gasteiger partial charge in [-0.1, -0.05) is 18.5 Å². The van der Waals surface area contributed by atoms with E-state index in [1.165, 1.54) is 11.3 Å². The fourth-order valence-corrected chi connectivity index (χ4v) is 4.40. The first-order valence-electron chi connectivity index (χ1n) is 6.58. The van der Waals surface area contributed by atoms with Crippen LogP contribution in [0.25, 0.3) is 0 Å². The summed E-state index contributed by atoms with van der Waals surface area (Å²) in [6, 6.07) is 8.21. The van der Waals surface area contributed by atoms with Gasteiger partial charge in [-0.05, 0) is 48.7 Å². The number of thiophene rings is 1. The molecule has 2 rings (SSSR count). The van der Waals surface area contributed by atoms with Gasteiger partial charge in [0.1, 0.15) is 4.90 Å². The highest BCUT2D eigenvalue weighted by Crippen LogP contribution is 2.24. The molecule has 0 unspecified atom stereocenters. The molecule has 2 N–H and O–H groups in total. The number of benzene rings is 1. The molecule has 0 amide bonds. The highest BCUT2D eigenvalue weighted by atomic mass is 35.5. The van der Waals surface area contributed by atoms with Crippen molar-refractivity contribution in [2.24, 2.45) is 0 Å². The number of rotatable bonds is 7. The second-order valence-electron chi connectivity index (χ2n) is 4.50. The fourth-order valence-electron chi connectivity index (χ4n) is 1.80. The highest BCUT2D eigenvalue weighted by Gasteiger charge is 2.19. The molecular weight excluding hydrogens is 328 g/mol. The lowest BCUT2D eigenvalue weighted by Gasteiger charge is -2.09. The molecule has 1 aromatic carbocycles. The molecule has 0 aliphatic rings. The summed E-state index contributed by atoms with van der Waals surface area (Å²) in [4.78, 5) is 1.14. The number of halogens is 1. The number of hydrogen-bond donors (Lipinski definition) is 2. The van der Waals surface area contributed by atoms with Gasteiger partial charge in [0.15, 0.2) is 0 Å². The van der Waals surface area contributed by atoms with E-state index in [-0.39, 0.29) is 0 Å². The third-order valence-corrected chi connectivity index (χ3v) is 5.57. The number of anilines is 1. The Hall–Kier alpha value is -1.08. The van der Waals surface area contributed by atoms with Crippen LogP contribution in [0, 0.1) is 0 Å². The predicted molar refractivity (Wildman–Crippen MR) is 88.6 cm³/mol. The first-order valence-corrected chi connectivity index (χ1v) is 9.32. The van der Waals surface area contributed by atoms with Crippen LogP contribution in [0.1, 0.15) is 18.2 Å². The lowest BCUT2D eigenvalue weighted by atomic mass is 10.3. The van der Waals surface area contributed by atoms with Crippen molar-refractivity contribution in [3.8, 4) is 0 Å². The van der Waals surface area contributed by atoms with Crippen molar-refractivity contribution < 1.29 is 8.42 Å². The van der Waals surface area contributed by atoms with E-state index in [9.17, 15) is 8.42 Å². The molecule has 1 aromatic heterocycles. The molecule has 0 bridgehead atoms. The van der Waals surface area contributed by atoms with Crippen molar-refractivity contribution in [2.45, 2.75) is 24.8 Å². The summed E-state index contributed by atoms with van der Waals surface area (Å²) in [7, 11) is -3.57. The van der Waals surface area contributed by atoms with Gasteiger partial charge in [0, 0.05) is 22.1 Å². The molecule has 21 heavy (non-hydrogen) atoms. The minimum Gasteiger partial charge on any atom is -0.312 e. The maximum absolute atomic E-state index is 12.4. The van der Waals surface area contributed by atoms with E-state index < -0.39 is 10.0 Å². The minimum absolute atomic E-state index is 0.325.